The van der Waals surface area contributed by atoms with Crippen LogP contribution in [0.1, 0.15) is 35.0 Å². The first-order chi connectivity index (χ1) is 9.60. The molecule has 2 heterocycles. The lowest BCUT2D eigenvalue weighted by Gasteiger charge is -2.39. The maximum absolute atomic E-state index is 14.4. The molecule has 0 bridgehead atoms. The topological polar surface area (TPSA) is 42.1 Å². The molecule has 2 aliphatic rings. The van der Waals surface area contributed by atoms with E-state index in [0.29, 0.717) is 36.0 Å². The molecule has 2 atom stereocenters. The molecule has 20 heavy (non-hydrogen) atoms. The van der Waals surface area contributed by atoms with Crippen LogP contribution in [-0.2, 0) is 4.74 Å². The molecule has 1 aromatic carbocycles. The monoisotopic (exact) mass is 277 g/mol. The van der Waals surface area contributed by atoms with E-state index >= 15 is 0 Å². The number of hydrogen-bond donors (Lipinski definition) is 1. The van der Waals surface area contributed by atoms with Gasteiger partial charge in [0.15, 0.2) is 0 Å². The van der Waals surface area contributed by atoms with Gasteiger partial charge < -0.3 is 9.72 Å². The van der Waals surface area contributed by atoms with Crippen molar-refractivity contribution in [2.45, 2.75) is 24.9 Å². The molecule has 1 aliphatic heterocycles. The number of ether oxygens (including phenoxy) is 1. The molecule has 3 nitrogen and oxygen atoms in total. The lowest BCUT2D eigenvalue weighted by atomic mass is 9.77. The summed E-state index contributed by atoms with van der Waals surface area (Å²) in [7, 11) is 0. The number of halogens is 2. The molecular formula is C15H13F2NO2. The first-order valence-electron chi connectivity index (χ1n) is 6.75. The average molecular weight is 277 g/mol. The Morgan fingerprint density at radius 1 is 1.30 bits per heavy atom. The highest BCUT2D eigenvalue weighted by molar-refractivity contribution is 6.13. The van der Waals surface area contributed by atoms with E-state index in [0.717, 1.165) is 0 Å². The highest BCUT2D eigenvalue weighted by atomic mass is 19.3. The van der Waals surface area contributed by atoms with Crippen molar-refractivity contribution in [3.8, 4) is 0 Å². The van der Waals surface area contributed by atoms with Gasteiger partial charge in [0.05, 0.1) is 17.2 Å². The fraction of sp³-hybridized carbons (Fsp3) is 0.400. The van der Waals surface area contributed by atoms with Gasteiger partial charge in [-0.05, 0) is 18.9 Å². The van der Waals surface area contributed by atoms with Crippen molar-refractivity contribution in [1.82, 2.24) is 4.98 Å². The number of Topliss-reactive ketones (excluding diaryl/α,β-unsaturated/α-hetero) is 1. The second-order valence-corrected chi connectivity index (χ2v) is 5.45. The van der Waals surface area contributed by atoms with Crippen LogP contribution in [0.2, 0.25) is 0 Å². The minimum absolute atomic E-state index is 0.105. The summed E-state index contributed by atoms with van der Waals surface area (Å²) in [5, 5.41) is 0.555. The summed E-state index contributed by atoms with van der Waals surface area (Å²) in [5.74, 6) is -5.47. The third-order valence-corrected chi connectivity index (χ3v) is 4.34. The Morgan fingerprint density at radius 2 is 2.10 bits per heavy atom. The fourth-order valence-electron chi connectivity index (χ4n) is 3.39. The highest BCUT2D eigenvalue weighted by Crippen LogP contribution is 2.50. The number of alkyl halides is 2. The number of fused-ring (bicyclic) bond motifs is 5. The second kappa shape index (κ2) is 3.88. The van der Waals surface area contributed by atoms with Gasteiger partial charge in [-0.1, -0.05) is 18.2 Å². The molecule has 0 amide bonds. The normalized spacial score (nSPS) is 28.2. The smallest absolute Gasteiger partial charge is 0.315 e. The largest absolute Gasteiger partial charge is 0.371 e. The van der Waals surface area contributed by atoms with Gasteiger partial charge in [-0.25, -0.2) is 0 Å². The van der Waals surface area contributed by atoms with E-state index in [9.17, 15) is 13.6 Å². The zero-order valence-electron chi connectivity index (χ0n) is 10.7. The summed E-state index contributed by atoms with van der Waals surface area (Å²) < 4.78 is 34.3. The number of ketones is 1. The Kier molecular flexibility index (Phi) is 2.33. The van der Waals surface area contributed by atoms with Crippen molar-refractivity contribution in [1.29, 1.82) is 0 Å². The maximum atomic E-state index is 14.4. The molecule has 1 saturated heterocycles. The minimum atomic E-state index is -3.34. The number of carbonyl (C=O) groups excluding carboxylic acids is 1. The Morgan fingerprint density at radius 3 is 2.95 bits per heavy atom. The first-order valence-corrected chi connectivity index (χ1v) is 6.75. The number of para-hydroxylation sites is 1. The van der Waals surface area contributed by atoms with Gasteiger partial charge in [0, 0.05) is 17.5 Å². The summed E-state index contributed by atoms with van der Waals surface area (Å²) in [6, 6.07) is 7.04. The number of nitrogens with one attached hydrogen (secondary N) is 1. The molecular weight excluding hydrogens is 264 g/mol. The lowest BCUT2D eigenvalue weighted by molar-refractivity contribution is -0.131. The number of carbonyl (C=O) groups is 1. The van der Waals surface area contributed by atoms with Crippen molar-refractivity contribution >= 4 is 16.7 Å². The third kappa shape index (κ3) is 1.38. The van der Waals surface area contributed by atoms with Crippen molar-refractivity contribution in [3.05, 3.63) is 35.5 Å². The van der Waals surface area contributed by atoms with E-state index in [2.05, 4.69) is 4.98 Å². The third-order valence-electron chi connectivity index (χ3n) is 4.34. The van der Waals surface area contributed by atoms with Crippen LogP contribution >= 0.6 is 0 Å². The molecule has 2 aromatic rings. The summed E-state index contributed by atoms with van der Waals surface area (Å²) in [6.45, 7) is 0.459. The van der Waals surface area contributed by atoms with Gasteiger partial charge in [-0.15, -0.1) is 0 Å². The Bertz CT molecular complexity index is 707. The molecule has 0 saturated carbocycles. The predicted octanol–water partition coefficient (Wildman–Crippen LogP) is 3.47. The number of H-pyrrole nitrogens is 1. The van der Waals surface area contributed by atoms with Gasteiger partial charge in [0.1, 0.15) is 6.10 Å². The number of rotatable bonds is 0. The molecule has 1 aliphatic carbocycles. The van der Waals surface area contributed by atoms with E-state index in [4.69, 9.17) is 4.74 Å². The van der Waals surface area contributed by atoms with Crippen molar-refractivity contribution < 1.29 is 18.3 Å². The Hall–Kier alpha value is -1.75. The van der Waals surface area contributed by atoms with Crippen LogP contribution in [0, 0.1) is 5.92 Å². The molecule has 104 valence electrons. The predicted molar refractivity (Wildman–Crippen MR) is 69.0 cm³/mol. The number of aromatic amines is 1. The fourth-order valence-corrected chi connectivity index (χ4v) is 3.39. The SMILES string of the molecule is O=C1c2c([nH]c3ccccc23)[C@@H]2OCCC[C@@H]2C1(F)F. The zero-order valence-corrected chi connectivity index (χ0v) is 10.7. The number of aromatic nitrogens is 1. The van der Waals surface area contributed by atoms with Crippen LogP contribution in [0.4, 0.5) is 8.78 Å². The van der Waals surface area contributed by atoms with Crippen LogP contribution in [0.15, 0.2) is 24.3 Å². The Balaban J connectivity index is 2.01. The molecule has 1 fully saturated rings. The van der Waals surface area contributed by atoms with Gasteiger partial charge in [-0.2, -0.15) is 8.78 Å². The molecule has 1 aromatic heterocycles. The van der Waals surface area contributed by atoms with Crippen LogP contribution < -0.4 is 0 Å². The van der Waals surface area contributed by atoms with Gasteiger partial charge in [0.2, 0.25) is 5.78 Å². The molecule has 5 heteroatoms. The van der Waals surface area contributed by atoms with Crippen LogP contribution in [0.25, 0.3) is 10.9 Å². The van der Waals surface area contributed by atoms with Crippen molar-refractivity contribution in [2.75, 3.05) is 6.61 Å². The number of hydrogen-bond acceptors (Lipinski definition) is 2. The van der Waals surface area contributed by atoms with Gasteiger partial charge >= 0.3 is 5.92 Å². The quantitative estimate of drug-likeness (QED) is 0.801. The van der Waals surface area contributed by atoms with E-state index in [1.807, 2.05) is 6.07 Å². The highest BCUT2D eigenvalue weighted by Gasteiger charge is 2.58. The molecule has 0 unspecified atom stereocenters. The summed E-state index contributed by atoms with van der Waals surface area (Å²) in [5.41, 5.74) is 1.33. The first kappa shape index (κ1) is 12.0. The maximum Gasteiger partial charge on any atom is 0.315 e. The van der Waals surface area contributed by atoms with Crippen LogP contribution in [0.3, 0.4) is 0 Å². The lowest BCUT2D eigenvalue weighted by Crippen LogP contribution is -2.47. The summed E-state index contributed by atoms with van der Waals surface area (Å²) >= 11 is 0. The van der Waals surface area contributed by atoms with E-state index < -0.39 is 23.7 Å². The summed E-state index contributed by atoms with van der Waals surface area (Å²) in [4.78, 5) is 15.3. The average Bonchev–Trinajstić information content (AvgIpc) is 2.85. The van der Waals surface area contributed by atoms with Crippen molar-refractivity contribution in [3.63, 3.8) is 0 Å². The second-order valence-electron chi connectivity index (χ2n) is 5.45. The molecule has 0 spiro atoms. The molecule has 1 N–H and O–H groups in total. The van der Waals surface area contributed by atoms with Gasteiger partial charge in [-0.3, -0.25) is 4.79 Å². The van der Waals surface area contributed by atoms with Crippen LogP contribution in [-0.4, -0.2) is 23.3 Å². The van der Waals surface area contributed by atoms with Crippen molar-refractivity contribution in [2.24, 2.45) is 5.92 Å². The molecule has 4 rings (SSSR count). The Labute approximate surface area is 113 Å². The summed E-state index contributed by atoms with van der Waals surface area (Å²) in [6.07, 6.45) is 0.177. The van der Waals surface area contributed by atoms with Gasteiger partial charge in [0.25, 0.3) is 0 Å². The standard InChI is InChI=1S/C15H13F2NO2/c16-15(17)9-5-3-7-20-13(9)12-11(14(15)19)8-4-1-2-6-10(8)18-12/h1-2,4,6,9,13,18H,3,5,7H2/t9-,13+/m0/s1. The number of benzene rings is 1. The van der Waals surface area contributed by atoms with E-state index in [1.165, 1.54) is 0 Å². The molecule has 0 radical (unpaired) electrons. The zero-order chi connectivity index (χ0) is 13.9. The van der Waals surface area contributed by atoms with E-state index in [1.54, 1.807) is 18.2 Å². The van der Waals surface area contributed by atoms with Crippen LogP contribution in [0.5, 0.6) is 0 Å². The van der Waals surface area contributed by atoms with E-state index in [-0.39, 0.29) is 5.56 Å². The minimum Gasteiger partial charge on any atom is -0.371 e.